The highest BCUT2D eigenvalue weighted by molar-refractivity contribution is 4.87. The van der Waals surface area contributed by atoms with E-state index in [9.17, 15) is 0 Å². The van der Waals surface area contributed by atoms with E-state index in [1.165, 1.54) is 25.9 Å². The van der Waals surface area contributed by atoms with E-state index in [0.29, 0.717) is 0 Å². The summed E-state index contributed by atoms with van der Waals surface area (Å²) in [5.74, 6) is 1.55. The summed E-state index contributed by atoms with van der Waals surface area (Å²) in [6, 6.07) is 0.725. The van der Waals surface area contributed by atoms with Crippen molar-refractivity contribution < 1.29 is 4.74 Å². The minimum absolute atomic E-state index is 0.725. The van der Waals surface area contributed by atoms with E-state index in [0.717, 1.165) is 31.1 Å². The van der Waals surface area contributed by atoms with Crippen LogP contribution in [0.5, 0.6) is 0 Å². The monoisotopic (exact) mass is 183 g/mol. The molecule has 2 nitrogen and oxygen atoms in total. The summed E-state index contributed by atoms with van der Waals surface area (Å²) in [4.78, 5) is 2.64. The van der Waals surface area contributed by atoms with Gasteiger partial charge in [-0.15, -0.1) is 0 Å². The second kappa shape index (κ2) is 3.97. The van der Waals surface area contributed by atoms with E-state index in [2.05, 4.69) is 18.7 Å². The van der Waals surface area contributed by atoms with Crippen molar-refractivity contribution in [3.05, 3.63) is 0 Å². The Morgan fingerprint density at radius 1 is 1.15 bits per heavy atom. The number of hydrogen-bond acceptors (Lipinski definition) is 2. The minimum atomic E-state index is 0.725. The maximum absolute atomic E-state index is 5.60. The first-order valence-electron chi connectivity index (χ1n) is 5.61. The third-order valence-corrected chi connectivity index (χ3v) is 3.56. The normalized spacial score (nSPS) is 36.2. The molecule has 0 aromatic rings. The van der Waals surface area contributed by atoms with Crippen LogP contribution in [0, 0.1) is 11.8 Å². The van der Waals surface area contributed by atoms with Crippen LogP contribution in [-0.2, 0) is 4.74 Å². The first-order chi connectivity index (χ1) is 6.29. The van der Waals surface area contributed by atoms with Gasteiger partial charge in [0.15, 0.2) is 0 Å². The van der Waals surface area contributed by atoms with Gasteiger partial charge in [-0.25, -0.2) is 0 Å². The van der Waals surface area contributed by atoms with Gasteiger partial charge in [-0.1, -0.05) is 13.8 Å². The van der Waals surface area contributed by atoms with Crippen molar-refractivity contribution in [2.45, 2.75) is 32.7 Å². The molecule has 2 heteroatoms. The smallest absolute Gasteiger partial charge is 0.0625 e. The summed E-state index contributed by atoms with van der Waals surface area (Å²) < 4.78 is 5.60. The molecule has 0 aromatic heterocycles. The quantitative estimate of drug-likeness (QED) is 0.646. The van der Waals surface area contributed by atoms with Crippen molar-refractivity contribution in [2.75, 3.05) is 26.3 Å². The minimum Gasteiger partial charge on any atom is -0.379 e. The van der Waals surface area contributed by atoms with Crippen LogP contribution in [-0.4, -0.2) is 37.2 Å². The average Bonchev–Trinajstić information content (AvgIpc) is 2.74. The van der Waals surface area contributed by atoms with Crippen LogP contribution >= 0.6 is 0 Å². The first-order valence-corrected chi connectivity index (χ1v) is 5.61. The molecule has 2 heterocycles. The van der Waals surface area contributed by atoms with Gasteiger partial charge in [0.25, 0.3) is 0 Å². The zero-order valence-corrected chi connectivity index (χ0v) is 8.83. The molecule has 0 amide bonds. The third kappa shape index (κ3) is 1.89. The molecule has 2 atom stereocenters. The molecule has 13 heavy (non-hydrogen) atoms. The van der Waals surface area contributed by atoms with Crippen LogP contribution in [0.15, 0.2) is 0 Å². The largest absolute Gasteiger partial charge is 0.379 e. The van der Waals surface area contributed by atoms with Crippen molar-refractivity contribution in [1.29, 1.82) is 0 Å². The zero-order valence-electron chi connectivity index (χ0n) is 8.83. The number of likely N-dealkylation sites (tertiary alicyclic amines) is 1. The van der Waals surface area contributed by atoms with Gasteiger partial charge in [-0.05, 0) is 31.8 Å². The Morgan fingerprint density at radius 3 is 2.46 bits per heavy atom. The molecule has 2 unspecified atom stereocenters. The predicted molar refractivity (Wildman–Crippen MR) is 53.7 cm³/mol. The Kier molecular flexibility index (Phi) is 2.89. The van der Waals surface area contributed by atoms with Crippen LogP contribution in [0.2, 0.25) is 0 Å². The van der Waals surface area contributed by atoms with E-state index in [1.807, 2.05) is 0 Å². The fraction of sp³-hybridized carbons (Fsp3) is 1.00. The van der Waals surface area contributed by atoms with E-state index in [-0.39, 0.29) is 0 Å². The summed E-state index contributed by atoms with van der Waals surface area (Å²) >= 11 is 0. The van der Waals surface area contributed by atoms with Crippen molar-refractivity contribution >= 4 is 0 Å². The molecule has 0 aromatic carbocycles. The van der Waals surface area contributed by atoms with Gasteiger partial charge in [-0.3, -0.25) is 4.90 Å². The molecule has 2 aliphatic rings. The molecular formula is C11H21NO. The maximum atomic E-state index is 5.60. The highest BCUT2D eigenvalue weighted by atomic mass is 16.5. The fourth-order valence-corrected chi connectivity index (χ4v) is 2.65. The third-order valence-electron chi connectivity index (χ3n) is 3.56. The van der Waals surface area contributed by atoms with Gasteiger partial charge in [0.2, 0.25) is 0 Å². The van der Waals surface area contributed by atoms with Crippen molar-refractivity contribution in [3.63, 3.8) is 0 Å². The SMILES string of the molecule is CC(C)C1COCC1N1CCCC1. The Balaban J connectivity index is 1.96. The Bertz CT molecular complexity index is 163. The second-order valence-corrected chi connectivity index (χ2v) is 4.76. The van der Waals surface area contributed by atoms with Crippen molar-refractivity contribution in [2.24, 2.45) is 11.8 Å². The van der Waals surface area contributed by atoms with Crippen LogP contribution in [0.3, 0.4) is 0 Å². The van der Waals surface area contributed by atoms with E-state index < -0.39 is 0 Å². The van der Waals surface area contributed by atoms with Gasteiger partial charge in [0.1, 0.15) is 0 Å². The lowest BCUT2D eigenvalue weighted by Gasteiger charge is -2.29. The van der Waals surface area contributed by atoms with Gasteiger partial charge in [0, 0.05) is 12.0 Å². The zero-order chi connectivity index (χ0) is 9.26. The maximum Gasteiger partial charge on any atom is 0.0625 e. The van der Waals surface area contributed by atoms with Crippen molar-refractivity contribution in [3.8, 4) is 0 Å². The molecule has 2 rings (SSSR count). The van der Waals surface area contributed by atoms with E-state index >= 15 is 0 Å². The highest BCUT2D eigenvalue weighted by Crippen LogP contribution is 2.28. The highest BCUT2D eigenvalue weighted by Gasteiger charge is 2.35. The van der Waals surface area contributed by atoms with Gasteiger partial charge >= 0.3 is 0 Å². The number of nitrogens with zero attached hydrogens (tertiary/aromatic N) is 1. The van der Waals surface area contributed by atoms with Crippen molar-refractivity contribution in [1.82, 2.24) is 4.90 Å². The molecule has 2 aliphatic heterocycles. The van der Waals surface area contributed by atoms with Crippen LogP contribution in [0.25, 0.3) is 0 Å². The molecule has 2 fully saturated rings. The lowest BCUT2D eigenvalue weighted by molar-refractivity contribution is 0.158. The molecule has 0 spiro atoms. The molecule has 0 bridgehead atoms. The summed E-state index contributed by atoms with van der Waals surface area (Å²) in [5, 5.41) is 0. The lowest BCUT2D eigenvalue weighted by Crippen LogP contribution is -2.40. The Morgan fingerprint density at radius 2 is 1.85 bits per heavy atom. The average molecular weight is 183 g/mol. The standard InChI is InChI=1S/C11H21NO/c1-9(2)10-7-13-8-11(10)12-5-3-4-6-12/h9-11H,3-8H2,1-2H3. The van der Waals surface area contributed by atoms with Crippen LogP contribution in [0.4, 0.5) is 0 Å². The molecule has 0 radical (unpaired) electrons. The summed E-state index contributed by atoms with van der Waals surface area (Å²) in [7, 11) is 0. The topological polar surface area (TPSA) is 12.5 Å². The lowest BCUT2D eigenvalue weighted by atomic mass is 9.90. The first kappa shape index (κ1) is 9.47. The van der Waals surface area contributed by atoms with E-state index in [4.69, 9.17) is 4.74 Å². The summed E-state index contributed by atoms with van der Waals surface area (Å²) in [6.07, 6.45) is 2.78. The molecule has 0 saturated carbocycles. The van der Waals surface area contributed by atoms with Gasteiger partial charge in [-0.2, -0.15) is 0 Å². The van der Waals surface area contributed by atoms with Crippen LogP contribution in [0.1, 0.15) is 26.7 Å². The second-order valence-electron chi connectivity index (χ2n) is 4.76. The molecule has 76 valence electrons. The fourth-order valence-electron chi connectivity index (χ4n) is 2.65. The van der Waals surface area contributed by atoms with Crippen LogP contribution < -0.4 is 0 Å². The summed E-state index contributed by atoms with van der Waals surface area (Å²) in [6.45, 7) is 9.21. The Labute approximate surface area is 81.3 Å². The molecule has 0 aliphatic carbocycles. The number of ether oxygens (including phenoxy) is 1. The summed E-state index contributed by atoms with van der Waals surface area (Å²) in [5.41, 5.74) is 0. The molecular weight excluding hydrogens is 162 g/mol. The molecule has 2 saturated heterocycles. The molecule has 0 N–H and O–H groups in total. The van der Waals surface area contributed by atoms with Gasteiger partial charge < -0.3 is 4.74 Å². The van der Waals surface area contributed by atoms with Gasteiger partial charge in [0.05, 0.1) is 13.2 Å². The number of rotatable bonds is 2. The Hall–Kier alpha value is -0.0800. The predicted octanol–water partition coefficient (Wildman–Crippen LogP) is 1.75. The number of hydrogen-bond donors (Lipinski definition) is 0. The van der Waals surface area contributed by atoms with E-state index in [1.54, 1.807) is 0 Å².